The number of hydrogen-bond acceptors (Lipinski definition) is 7. The zero-order chi connectivity index (χ0) is 30.2. The third kappa shape index (κ3) is 6.35. The highest BCUT2D eigenvalue weighted by Crippen LogP contribution is 2.40. The number of fused-ring (bicyclic) bond motifs is 1. The number of aromatic nitrogens is 2. The van der Waals surface area contributed by atoms with Crippen LogP contribution < -0.4 is 4.74 Å². The first-order chi connectivity index (χ1) is 19.9. The molecule has 222 valence electrons. The monoisotopic (exact) mass is 574 g/mol. The quantitative estimate of drug-likeness (QED) is 0.435. The number of oxime groups is 1. The van der Waals surface area contributed by atoms with Crippen molar-refractivity contribution in [2.24, 2.45) is 5.16 Å². The van der Waals surface area contributed by atoms with Gasteiger partial charge < -0.3 is 28.9 Å². The number of aliphatic hydroxyl groups is 1. The number of amidine groups is 1. The number of imidazole rings is 1. The van der Waals surface area contributed by atoms with Gasteiger partial charge in [0.25, 0.3) is 5.72 Å². The number of benzene rings is 1. The van der Waals surface area contributed by atoms with Crippen LogP contribution in [0.25, 0.3) is 11.8 Å². The van der Waals surface area contributed by atoms with E-state index in [2.05, 4.69) is 10.1 Å². The number of methoxy groups -OCH3 is 1. The molecule has 8 nitrogen and oxygen atoms in total. The molecule has 3 aliphatic rings. The zero-order valence-corrected chi connectivity index (χ0v) is 24.2. The van der Waals surface area contributed by atoms with Crippen LogP contribution in [0.15, 0.2) is 76.6 Å². The number of alkyl halides is 1. The summed E-state index contributed by atoms with van der Waals surface area (Å²) < 4.78 is 55.4. The second kappa shape index (κ2) is 14.1. The first kappa shape index (κ1) is 31.5. The maximum Gasteiger partial charge on any atom is 0.260 e. The van der Waals surface area contributed by atoms with Gasteiger partial charge in [0.05, 0.1) is 37.8 Å². The summed E-state index contributed by atoms with van der Waals surface area (Å²) >= 11 is 0. The summed E-state index contributed by atoms with van der Waals surface area (Å²) in [7, 11) is 1.57. The van der Waals surface area contributed by atoms with E-state index in [9.17, 15) is 18.3 Å². The Kier molecular flexibility index (Phi) is 10.8. The Morgan fingerprint density at radius 3 is 2.56 bits per heavy atom. The Labute approximate surface area is 238 Å². The standard InChI is InChI=1S/C26H25F3N4O4.2C2H6/c1-16-13-32(15-30-16)22-4-3-17(7-23(22)35-2)8-24-25-31-37-26(14-34,33(25)5-6-36-24)19-9-18(12-27)21(29)11-20(28)10-19;2*1-2/h3-4,7-10,13,15,34H,5-6,11-12,14H2,1-2H3;2*1-2H3/b24-8+;;. The van der Waals surface area contributed by atoms with Crippen LogP contribution in [0, 0.1) is 6.92 Å². The first-order valence-corrected chi connectivity index (χ1v) is 13.6. The molecule has 11 heteroatoms. The van der Waals surface area contributed by atoms with Crippen LogP contribution in [0.4, 0.5) is 13.2 Å². The van der Waals surface area contributed by atoms with Crippen LogP contribution in [-0.2, 0) is 9.57 Å². The predicted octanol–water partition coefficient (Wildman–Crippen LogP) is 6.32. The van der Waals surface area contributed by atoms with Crippen molar-refractivity contribution in [1.82, 2.24) is 14.5 Å². The molecule has 0 amide bonds. The minimum absolute atomic E-state index is 0.0504. The summed E-state index contributed by atoms with van der Waals surface area (Å²) in [6.45, 7) is 8.57. The minimum atomic E-state index is -1.67. The van der Waals surface area contributed by atoms with E-state index in [1.54, 1.807) is 24.4 Å². The second-order valence-corrected chi connectivity index (χ2v) is 8.74. The fourth-order valence-electron chi connectivity index (χ4n) is 4.51. The summed E-state index contributed by atoms with van der Waals surface area (Å²) in [5, 5.41) is 14.5. The number of ether oxygens (including phenoxy) is 2. The van der Waals surface area contributed by atoms with Crippen molar-refractivity contribution in [3.05, 3.63) is 82.7 Å². The van der Waals surface area contributed by atoms with E-state index < -0.39 is 37.1 Å². The van der Waals surface area contributed by atoms with Gasteiger partial charge in [-0.3, -0.25) is 0 Å². The number of aryl methyl sites for hydroxylation is 1. The van der Waals surface area contributed by atoms with Crippen molar-refractivity contribution < 1.29 is 32.6 Å². The Balaban J connectivity index is 0.00000111. The molecule has 1 saturated heterocycles. The van der Waals surface area contributed by atoms with Gasteiger partial charge in [0.2, 0.25) is 5.84 Å². The summed E-state index contributed by atoms with van der Waals surface area (Å²) in [6.07, 6.45) is 6.86. The van der Waals surface area contributed by atoms with Crippen LogP contribution in [0.5, 0.6) is 5.75 Å². The molecule has 1 aromatic heterocycles. The van der Waals surface area contributed by atoms with Gasteiger partial charge in [0, 0.05) is 17.3 Å². The van der Waals surface area contributed by atoms with Crippen LogP contribution in [0.2, 0.25) is 0 Å². The SMILES string of the molecule is CC.CC.COc1cc(/C=C2/OCCN3C2=NOC3(CO)C2=CC(CF)=C(F)CC(F)=C2)ccc1-n1cnc(C)c1. The molecule has 2 aromatic rings. The van der Waals surface area contributed by atoms with Crippen LogP contribution in [0.3, 0.4) is 0 Å². The summed E-state index contributed by atoms with van der Waals surface area (Å²) in [6, 6.07) is 5.56. The van der Waals surface area contributed by atoms with E-state index in [1.807, 2.05) is 63.6 Å². The molecule has 1 atom stereocenters. The number of hydrogen-bond donors (Lipinski definition) is 1. The van der Waals surface area contributed by atoms with Crippen molar-refractivity contribution in [2.45, 2.75) is 46.8 Å². The molecular formula is C30H37F3N4O4. The molecule has 41 heavy (non-hydrogen) atoms. The summed E-state index contributed by atoms with van der Waals surface area (Å²) in [4.78, 5) is 11.5. The van der Waals surface area contributed by atoms with Crippen LogP contribution in [0.1, 0.15) is 45.4 Å². The zero-order valence-electron chi connectivity index (χ0n) is 24.2. The van der Waals surface area contributed by atoms with Crippen LogP contribution >= 0.6 is 0 Å². The van der Waals surface area contributed by atoms with Crippen molar-refractivity contribution in [2.75, 3.05) is 33.5 Å². The number of rotatable bonds is 6. The number of halogens is 3. The molecule has 5 rings (SSSR count). The first-order valence-electron chi connectivity index (χ1n) is 13.6. The fraction of sp³-hybridized carbons (Fsp3) is 0.400. The van der Waals surface area contributed by atoms with Gasteiger partial charge >= 0.3 is 0 Å². The third-order valence-corrected chi connectivity index (χ3v) is 6.38. The highest BCUT2D eigenvalue weighted by molar-refractivity contribution is 6.02. The molecular weight excluding hydrogens is 537 g/mol. The lowest BCUT2D eigenvalue weighted by molar-refractivity contribution is -0.104. The fourth-order valence-corrected chi connectivity index (χ4v) is 4.51. The van der Waals surface area contributed by atoms with Crippen molar-refractivity contribution in [3.63, 3.8) is 0 Å². The number of allylic oxidation sites excluding steroid dienone is 4. The third-order valence-electron chi connectivity index (χ3n) is 6.38. The molecule has 0 bridgehead atoms. The van der Waals surface area contributed by atoms with Crippen molar-refractivity contribution >= 4 is 11.9 Å². The number of nitrogens with zero attached hydrogens (tertiary/aromatic N) is 4. The van der Waals surface area contributed by atoms with Gasteiger partial charge in [0.1, 0.15) is 37.3 Å². The van der Waals surface area contributed by atoms with Gasteiger partial charge in [0.15, 0.2) is 5.76 Å². The summed E-state index contributed by atoms with van der Waals surface area (Å²) in [5.74, 6) is -0.518. The van der Waals surface area contributed by atoms with E-state index >= 15 is 0 Å². The van der Waals surface area contributed by atoms with Gasteiger partial charge in [-0.05, 0) is 42.8 Å². The largest absolute Gasteiger partial charge is 0.495 e. The van der Waals surface area contributed by atoms with Crippen molar-refractivity contribution in [1.29, 1.82) is 0 Å². The normalized spacial score (nSPS) is 20.7. The molecule has 0 saturated carbocycles. The van der Waals surface area contributed by atoms with E-state index in [0.29, 0.717) is 11.5 Å². The smallest absolute Gasteiger partial charge is 0.260 e. The molecule has 1 fully saturated rings. The molecule has 1 unspecified atom stereocenters. The average molecular weight is 575 g/mol. The highest BCUT2D eigenvalue weighted by atomic mass is 19.1. The average Bonchev–Trinajstić information content (AvgIpc) is 3.57. The van der Waals surface area contributed by atoms with Gasteiger partial charge in [-0.1, -0.05) is 38.9 Å². The lowest BCUT2D eigenvalue weighted by Crippen LogP contribution is -2.55. The maximum atomic E-state index is 14.4. The van der Waals surface area contributed by atoms with E-state index in [1.165, 1.54) is 0 Å². The van der Waals surface area contributed by atoms with E-state index in [-0.39, 0.29) is 30.1 Å². The lowest BCUT2D eigenvalue weighted by atomic mass is 9.98. The Morgan fingerprint density at radius 2 is 1.93 bits per heavy atom. The molecule has 1 aromatic carbocycles. The number of morpholine rings is 1. The molecule has 3 heterocycles. The topological polar surface area (TPSA) is 81.3 Å². The highest BCUT2D eigenvalue weighted by Gasteiger charge is 2.51. The molecule has 0 spiro atoms. The summed E-state index contributed by atoms with van der Waals surface area (Å²) in [5.41, 5.74) is 0.480. The van der Waals surface area contributed by atoms with E-state index in [0.717, 1.165) is 29.1 Å². The Morgan fingerprint density at radius 1 is 1.17 bits per heavy atom. The second-order valence-electron chi connectivity index (χ2n) is 8.74. The molecule has 1 aliphatic carbocycles. The van der Waals surface area contributed by atoms with Crippen LogP contribution in [-0.4, -0.2) is 64.7 Å². The molecule has 2 aliphatic heterocycles. The van der Waals surface area contributed by atoms with E-state index in [4.69, 9.17) is 14.3 Å². The Bertz CT molecular complexity index is 1380. The Hall–Kier alpha value is -3.99. The maximum absolute atomic E-state index is 14.4. The lowest BCUT2D eigenvalue weighted by Gasteiger charge is -2.39. The minimum Gasteiger partial charge on any atom is -0.495 e. The van der Waals surface area contributed by atoms with Gasteiger partial charge in [-0.25, -0.2) is 18.2 Å². The number of aliphatic hydroxyl groups excluding tert-OH is 1. The van der Waals surface area contributed by atoms with Gasteiger partial charge in [-0.2, -0.15) is 0 Å². The van der Waals surface area contributed by atoms with Gasteiger partial charge in [-0.15, -0.1) is 0 Å². The predicted molar refractivity (Wildman–Crippen MR) is 153 cm³/mol. The van der Waals surface area contributed by atoms with Crippen molar-refractivity contribution in [3.8, 4) is 11.4 Å². The molecule has 1 N–H and O–H groups in total. The molecule has 0 radical (unpaired) electrons.